The number of hydrogen-bond donors (Lipinski definition) is 1. The molecule has 7 nitrogen and oxygen atoms in total. The zero-order chi connectivity index (χ0) is 27.9. The first-order valence-electron chi connectivity index (χ1n) is 13.3. The molecule has 2 aromatic carbocycles. The second kappa shape index (κ2) is 10.2. The monoisotopic (exact) mass is 518 g/mol. The highest BCUT2D eigenvalue weighted by molar-refractivity contribution is 6.03. The van der Waals surface area contributed by atoms with Gasteiger partial charge in [0.1, 0.15) is 17.2 Å². The highest BCUT2D eigenvalue weighted by atomic mass is 16.6. The molecule has 1 aliphatic heterocycles. The molecule has 4 rings (SSSR count). The first-order chi connectivity index (χ1) is 17.7. The zero-order valence-corrected chi connectivity index (χ0v) is 24.3. The zero-order valence-electron chi connectivity index (χ0n) is 24.3. The van der Waals surface area contributed by atoms with Gasteiger partial charge in [-0.15, -0.1) is 0 Å². The van der Waals surface area contributed by atoms with E-state index in [1.165, 1.54) is 0 Å². The quantitative estimate of drug-likeness (QED) is 0.388. The fourth-order valence-corrected chi connectivity index (χ4v) is 5.77. The Labute approximate surface area is 227 Å². The molecule has 1 aliphatic rings. The van der Waals surface area contributed by atoms with E-state index in [4.69, 9.17) is 14.5 Å². The Balaban J connectivity index is 1.67. The maximum absolute atomic E-state index is 12.7. The number of methoxy groups -OCH3 is 1. The van der Waals surface area contributed by atoms with E-state index in [1.54, 1.807) is 7.11 Å². The molecule has 0 bridgehead atoms. The maximum Gasteiger partial charge on any atom is 0.412 e. The molecule has 3 aromatic rings. The van der Waals surface area contributed by atoms with Gasteiger partial charge < -0.3 is 9.47 Å². The average Bonchev–Trinajstić information content (AvgIpc) is 2.80. The van der Waals surface area contributed by atoms with Crippen LogP contribution < -0.4 is 10.1 Å². The summed E-state index contributed by atoms with van der Waals surface area (Å²) in [4.78, 5) is 24.8. The summed E-state index contributed by atoms with van der Waals surface area (Å²) in [6.07, 6.45) is 4.37. The summed E-state index contributed by atoms with van der Waals surface area (Å²) >= 11 is 0. The summed E-state index contributed by atoms with van der Waals surface area (Å²) < 4.78 is 11.0. The molecule has 1 fully saturated rings. The van der Waals surface area contributed by atoms with Gasteiger partial charge in [-0.3, -0.25) is 10.2 Å². The molecular formula is C31H42N4O3. The van der Waals surface area contributed by atoms with E-state index >= 15 is 0 Å². The molecule has 1 saturated heterocycles. The minimum Gasteiger partial charge on any atom is -0.497 e. The molecule has 0 radical (unpaired) electrons. The van der Waals surface area contributed by atoms with Gasteiger partial charge in [0.15, 0.2) is 0 Å². The van der Waals surface area contributed by atoms with Gasteiger partial charge in [-0.2, -0.15) is 0 Å². The van der Waals surface area contributed by atoms with E-state index in [0.29, 0.717) is 17.4 Å². The van der Waals surface area contributed by atoms with Gasteiger partial charge in [-0.1, -0.05) is 6.07 Å². The van der Waals surface area contributed by atoms with E-state index in [9.17, 15) is 4.79 Å². The number of aromatic nitrogens is 2. The molecule has 38 heavy (non-hydrogen) atoms. The Bertz CT molecular complexity index is 1310. The van der Waals surface area contributed by atoms with E-state index in [0.717, 1.165) is 47.1 Å². The summed E-state index contributed by atoms with van der Waals surface area (Å²) in [7, 11) is 3.86. The number of piperidine rings is 1. The van der Waals surface area contributed by atoms with Crippen LogP contribution in [0.2, 0.25) is 0 Å². The number of fused-ring (bicyclic) bond motifs is 1. The van der Waals surface area contributed by atoms with Crippen molar-refractivity contribution in [3.05, 3.63) is 48.4 Å². The number of carbonyl (C=O) groups is 1. The van der Waals surface area contributed by atoms with E-state index < -0.39 is 11.7 Å². The van der Waals surface area contributed by atoms with Gasteiger partial charge in [-0.25, -0.2) is 14.8 Å². The van der Waals surface area contributed by atoms with Crippen LogP contribution in [0.15, 0.2) is 42.6 Å². The van der Waals surface area contributed by atoms with E-state index in [2.05, 4.69) is 56.0 Å². The van der Waals surface area contributed by atoms with Crippen LogP contribution in [0.4, 0.5) is 10.5 Å². The number of rotatable bonds is 5. The molecule has 1 amide bonds. The second-order valence-electron chi connectivity index (χ2n) is 12.8. The first kappa shape index (κ1) is 27.8. The number of anilines is 1. The second-order valence-corrected chi connectivity index (χ2v) is 12.8. The standard InChI is InChI=1S/C31H42N4O3/c1-29(2,3)38-28(36)34-26-16-22(15-21-10-11-23(37-9)17-24(21)26)25-12-13-32-27(33-25)14-20-18-30(4,5)35(8)31(6,7)19-20/h10-13,15-17,20H,14,18-19H2,1-9H3,(H,34,36). The number of nitrogens with one attached hydrogen (secondary N) is 1. The number of likely N-dealkylation sites (tertiary alicyclic amines) is 1. The van der Waals surface area contributed by atoms with Crippen LogP contribution in [0.25, 0.3) is 22.0 Å². The Morgan fingerprint density at radius 1 is 1.08 bits per heavy atom. The number of nitrogens with zero attached hydrogens (tertiary/aromatic N) is 3. The number of amides is 1. The molecule has 0 unspecified atom stereocenters. The van der Waals surface area contributed by atoms with E-state index in [1.807, 2.05) is 57.3 Å². The lowest BCUT2D eigenvalue weighted by atomic mass is 9.73. The van der Waals surface area contributed by atoms with Gasteiger partial charge in [-0.05, 0) is 110 Å². The number of benzene rings is 2. The highest BCUT2D eigenvalue weighted by Gasteiger charge is 2.43. The molecule has 7 heteroatoms. The Morgan fingerprint density at radius 2 is 1.76 bits per heavy atom. The Kier molecular flexibility index (Phi) is 7.45. The van der Waals surface area contributed by atoms with Gasteiger partial charge >= 0.3 is 6.09 Å². The predicted molar refractivity (Wildman–Crippen MR) is 154 cm³/mol. The van der Waals surface area contributed by atoms with E-state index in [-0.39, 0.29) is 11.1 Å². The van der Waals surface area contributed by atoms with Crippen molar-refractivity contribution in [2.45, 2.75) is 84.4 Å². The van der Waals surface area contributed by atoms with Gasteiger partial charge in [0.2, 0.25) is 0 Å². The molecule has 1 N–H and O–H groups in total. The van der Waals surface area contributed by atoms with Crippen molar-refractivity contribution in [3.63, 3.8) is 0 Å². The van der Waals surface area contributed by atoms with Crippen molar-refractivity contribution in [2.75, 3.05) is 19.5 Å². The van der Waals surface area contributed by atoms with Crippen LogP contribution in [0.1, 0.15) is 67.1 Å². The summed E-state index contributed by atoms with van der Waals surface area (Å²) in [5, 5.41) is 4.77. The van der Waals surface area contributed by atoms with Gasteiger partial charge in [0.05, 0.1) is 18.5 Å². The normalized spacial score (nSPS) is 17.8. The summed E-state index contributed by atoms with van der Waals surface area (Å²) in [5.41, 5.74) is 2.00. The average molecular weight is 519 g/mol. The van der Waals surface area contributed by atoms with Crippen LogP contribution >= 0.6 is 0 Å². The maximum atomic E-state index is 12.7. The molecule has 0 saturated carbocycles. The number of ether oxygens (including phenoxy) is 2. The topological polar surface area (TPSA) is 76.6 Å². The molecule has 0 aliphatic carbocycles. The summed E-state index contributed by atoms with van der Waals surface area (Å²) in [5.74, 6) is 2.06. The lowest BCUT2D eigenvalue weighted by molar-refractivity contribution is -0.0300. The molecule has 0 spiro atoms. The third kappa shape index (κ3) is 6.26. The minimum atomic E-state index is -0.603. The van der Waals surface area contributed by atoms with Crippen LogP contribution in [0, 0.1) is 5.92 Å². The van der Waals surface area contributed by atoms with Crippen LogP contribution in [0.5, 0.6) is 5.75 Å². The number of hydrogen-bond acceptors (Lipinski definition) is 6. The largest absolute Gasteiger partial charge is 0.497 e. The third-order valence-electron chi connectivity index (χ3n) is 7.66. The van der Waals surface area contributed by atoms with Crippen molar-refractivity contribution in [1.82, 2.24) is 14.9 Å². The molecule has 1 aromatic heterocycles. The van der Waals surface area contributed by atoms with Crippen molar-refractivity contribution in [3.8, 4) is 17.0 Å². The van der Waals surface area contributed by atoms with Crippen LogP contribution in [-0.4, -0.2) is 51.8 Å². The highest BCUT2D eigenvalue weighted by Crippen LogP contribution is 2.41. The van der Waals surface area contributed by atoms with Crippen molar-refractivity contribution >= 4 is 22.6 Å². The first-order valence-corrected chi connectivity index (χ1v) is 13.3. The fourth-order valence-electron chi connectivity index (χ4n) is 5.77. The lowest BCUT2D eigenvalue weighted by Crippen LogP contribution is -2.58. The fraction of sp³-hybridized carbons (Fsp3) is 0.516. The third-order valence-corrected chi connectivity index (χ3v) is 7.66. The summed E-state index contributed by atoms with van der Waals surface area (Å²) in [6.45, 7) is 14.8. The molecule has 2 heterocycles. The molecular weight excluding hydrogens is 476 g/mol. The minimum absolute atomic E-state index is 0.117. The molecule has 0 atom stereocenters. The van der Waals surface area contributed by atoms with Gasteiger partial charge in [0, 0.05) is 34.6 Å². The van der Waals surface area contributed by atoms with Crippen LogP contribution in [0.3, 0.4) is 0 Å². The van der Waals surface area contributed by atoms with Gasteiger partial charge in [0.25, 0.3) is 0 Å². The SMILES string of the molecule is COc1ccc2cc(-c3ccnc(CC4CC(C)(C)N(C)C(C)(C)C4)n3)cc(NC(=O)OC(C)(C)C)c2c1. The van der Waals surface area contributed by atoms with Crippen molar-refractivity contribution in [2.24, 2.45) is 5.92 Å². The molecule has 204 valence electrons. The summed E-state index contributed by atoms with van der Waals surface area (Å²) in [6, 6.07) is 11.8. The van der Waals surface area contributed by atoms with Crippen molar-refractivity contribution < 1.29 is 14.3 Å². The van der Waals surface area contributed by atoms with Crippen LogP contribution in [-0.2, 0) is 11.2 Å². The Hall–Kier alpha value is -3.19. The predicted octanol–water partition coefficient (Wildman–Crippen LogP) is 7.09. The smallest absolute Gasteiger partial charge is 0.412 e. The van der Waals surface area contributed by atoms with Crippen molar-refractivity contribution in [1.29, 1.82) is 0 Å². The lowest BCUT2D eigenvalue weighted by Gasteiger charge is -2.53. The Morgan fingerprint density at radius 3 is 2.39 bits per heavy atom. The number of carbonyl (C=O) groups excluding carboxylic acids is 1.